The van der Waals surface area contributed by atoms with Gasteiger partial charge in [-0.15, -0.1) is 0 Å². The summed E-state index contributed by atoms with van der Waals surface area (Å²) in [5.41, 5.74) is 14.9. The first-order chi connectivity index (χ1) is 18.2. The second-order valence-electron chi connectivity index (χ2n) is 8.94. The molecule has 0 bridgehead atoms. The molecule has 4 rings (SSSR count). The van der Waals surface area contributed by atoms with Gasteiger partial charge in [0.15, 0.2) is 5.69 Å². The molecule has 0 spiro atoms. The number of carbonyl (C=O) groups is 1. The van der Waals surface area contributed by atoms with Crippen LogP contribution in [-0.4, -0.2) is 56.7 Å². The van der Waals surface area contributed by atoms with E-state index in [2.05, 4.69) is 33.8 Å². The molecule has 1 amide bonds. The number of benzene rings is 1. The van der Waals surface area contributed by atoms with Gasteiger partial charge in [0.2, 0.25) is 0 Å². The number of carbonyl (C=O) groups excluding carboxylic acids is 1. The molecule has 3 heterocycles. The Labute approximate surface area is 222 Å². The van der Waals surface area contributed by atoms with Crippen molar-refractivity contribution in [3.05, 3.63) is 54.0 Å². The number of aromatic nitrogens is 4. The van der Waals surface area contributed by atoms with Crippen LogP contribution >= 0.6 is 0 Å². The fraction of sp³-hybridized carbons (Fsp3) is 0.321. The molecule has 0 aliphatic carbocycles. The molecule has 0 saturated heterocycles. The first-order valence-corrected chi connectivity index (χ1v) is 12.6. The molecule has 1 aromatic carbocycles. The van der Waals surface area contributed by atoms with Crippen LogP contribution in [0.2, 0.25) is 0 Å². The topological polar surface area (TPSA) is 160 Å². The molecule has 1 unspecified atom stereocenters. The first-order valence-electron chi connectivity index (χ1n) is 12.6. The molecule has 0 fully saturated rings. The number of likely N-dealkylation sites (N-methyl/N-ethyl adjacent to an activating group) is 1. The van der Waals surface area contributed by atoms with Gasteiger partial charge in [0.1, 0.15) is 6.61 Å². The summed E-state index contributed by atoms with van der Waals surface area (Å²) in [5.74, 6) is -0.686. The Kier molecular flexibility index (Phi) is 9.37. The van der Waals surface area contributed by atoms with E-state index < -0.39 is 5.91 Å². The van der Waals surface area contributed by atoms with Crippen LogP contribution in [0.5, 0.6) is 6.01 Å². The van der Waals surface area contributed by atoms with Crippen molar-refractivity contribution in [2.24, 2.45) is 5.73 Å². The van der Waals surface area contributed by atoms with Gasteiger partial charge in [0, 0.05) is 47.0 Å². The zero-order valence-electron chi connectivity index (χ0n) is 22.6. The Balaban J connectivity index is 0.000000934. The number of fused-ring (bicyclic) bond motifs is 3. The van der Waals surface area contributed by atoms with Gasteiger partial charge in [-0.2, -0.15) is 4.98 Å². The van der Waals surface area contributed by atoms with E-state index in [9.17, 15) is 4.79 Å². The van der Waals surface area contributed by atoms with Gasteiger partial charge in [0.05, 0.1) is 22.9 Å². The number of rotatable bonds is 9. The van der Waals surface area contributed by atoms with Crippen molar-refractivity contribution in [1.29, 1.82) is 5.41 Å². The summed E-state index contributed by atoms with van der Waals surface area (Å²) in [6.45, 7) is 8.73. The summed E-state index contributed by atoms with van der Waals surface area (Å²) in [6.07, 6.45) is 9.32. The van der Waals surface area contributed by atoms with E-state index in [0.29, 0.717) is 45.5 Å². The highest BCUT2D eigenvalue weighted by Crippen LogP contribution is 2.34. The maximum atomic E-state index is 12.3. The number of anilines is 1. The molecule has 1 atom stereocenters. The molecule has 3 aromatic heterocycles. The van der Waals surface area contributed by atoms with Crippen LogP contribution < -0.4 is 16.2 Å². The standard InChI is InChI=1S/C24H26N8O2.C4H10/c1-4-9-32(3)13(2)12-34-24-28-8-7-17(31-24)19-10-14-20-15(11-25)16(26)5-6-18(20)29-21(14)22(30-19)23(27)33;1-3-4-2/h4-11,13,25,29H,12,26H2,1-3H3,(H2,27,33);3-4H2,1-2H3/b9-4-,25-11?;. The number of aromatic amines is 1. The van der Waals surface area contributed by atoms with E-state index in [4.69, 9.17) is 21.6 Å². The predicted molar refractivity (Wildman–Crippen MR) is 154 cm³/mol. The quantitative estimate of drug-likeness (QED) is 0.182. The Bertz CT molecular complexity index is 1460. The van der Waals surface area contributed by atoms with Crippen LogP contribution in [0.4, 0.5) is 5.69 Å². The maximum absolute atomic E-state index is 12.3. The summed E-state index contributed by atoms with van der Waals surface area (Å²) in [7, 11) is 1.96. The third-order valence-corrected chi connectivity index (χ3v) is 6.13. The van der Waals surface area contributed by atoms with Crippen molar-refractivity contribution < 1.29 is 9.53 Å². The molecule has 6 N–H and O–H groups in total. The molecule has 200 valence electrons. The Morgan fingerprint density at radius 2 is 1.95 bits per heavy atom. The van der Waals surface area contributed by atoms with Gasteiger partial charge in [-0.05, 0) is 44.3 Å². The fourth-order valence-corrected chi connectivity index (χ4v) is 3.75. The normalized spacial score (nSPS) is 11.8. The average Bonchev–Trinajstić information content (AvgIpc) is 3.30. The SMILES string of the molecule is C/C=C\N(C)C(C)COc1nccc(-c2cc3c([nH]c4ccc(N)c(C=N)c43)c(C(N)=O)n2)n1.CCCC. The third kappa shape index (κ3) is 6.08. The van der Waals surface area contributed by atoms with Crippen molar-refractivity contribution >= 4 is 39.6 Å². The molecule has 0 aliphatic heterocycles. The van der Waals surface area contributed by atoms with Crippen molar-refractivity contribution in [2.75, 3.05) is 19.4 Å². The number of nitrogens with two attached hydrogens (primary N) is 2. The number of H-pyrrole nitrogens is 1. The molecular weight excluding hydrogens is 480 g/mol. The lowest BCUT2D eigenvalue weighted by atomic mass is 10.0. The number of unbranched alkanes of at least 4 members (excludes halogenated alkanes) is 1. The van der Waals surface area contributed by atoms with Crippen molar-refractivity contribution in [3.63, 3.8) is 0 Å². The maximum Gasteiger partial charge on any atom is 0.317 e. The number of amides is 1. The van der Waals surface area contributed by atoms with Crippen LogP contribution in [0.25, 0.3) is 33.2 Å². The zero-order chi connectivity index (χ0) is 27.8. The Hall–Kier alpha value is -4.47. The third-order valence-electron chi connectivity index (χ3n) is 6.13. The average molecular weight is 517 g/mol. The smallest absolute Gasteiger partial charge is 0.317 e. The predicted octanol–water partition coefficient (Wildman–Crippen LogP) is 4.89. The summed E-state index contributed by atoms with van der Waals surface area (Å²) in [4.78, 5) is 30.6. The van der Waals surface area contributed by atoms with Crippen LogP contribution in [0, 0.1) is 5.41 Å². The van der Waals surface area contributed by atoms with E-state index >= 15 is 0 Å². The highest BCUT2D eigenvalue weighted by molar-refractivity contribution is 6.20. The molecular formula is C28H36N8O2. The number of nitrogens with zero attached hydrogens (tertiary/aromatic N) is 4. The number of ether oxygens (including phenoxy) is 1. The number of hydrogen-bond donors (Lipinski definition) is 4. The zero-order valence-corrected chi connectivity index (χ0v) is 22.6. The number of hydrogen-bond acceptors (Lipinski definition) is 8. The molecule has 10 heteroatoms. The minimum absolute atomic E-state index is 0.0703. The fourth-order valence-electron chi connectivity index (χ4n) is 3.75. The van der Waals surface area contributed by atoms with Gasteiger partial charge < -0.3 is 31.5 Å². The van der Waals surface area contributed by atoms with E-state index in [1.165, 1.54) is 19.1 Å². The van der Waals surface area contributed by atoms with E-state index in [-0.39, 0.29) is 17.7 Å². The molecule has 10 nitrogen and oxygen atoms in total. The summed E-state index contributed by atoms with van der Waals surface area (Å²) in [6, 6.07) is 7.28. The van der Waals surface area contributed by atoms with Crippen LogP contribution in [-0.2, 0) is 0 Å². The second kappa shape index (κ2) is 12.7. The molecule has 0 radical (unpaired) electrons. The second-order valence-corrected chi connectivity index (χ2v) is 8.94. The number of nitrogens with one attached hydrogen (secondary N) is 2. The monoisotopic (exact) mass is 516 g/mol. The van der Waals surface area contributed by atoms with Gasteiger partial charge in [0.25, 0.3) is 5.91 Å². The summed E-state index contributed by atoms with van der Waals surface area (Å²) in [5, 5.41) is 9.21. The highest BCUT2D eigenvalue weighted by atomic mass is 16.5. The minimum atomic E-state index is -0.686. The molecule has 38 heavy (non-hydrogen) atoms. The molecule has 0 aliphatic rings. The lowest BCUT2D eigenvalue weighted by molar-refractivity contribution is 0.0997. The summed E-state index contributed by atoms with van der Waals surface area (Å²) >= 11 is 0. The van der Waals surface area contributed by atoms with Gasteiger partial charge >= 0.3 is 6.01 Å². The lowest BCUT2D eigenvalue weighted by Gasteiger charge is -2.22. The lowest BCUT2D eigenvalue weighted by Crippen LogP contribution is -2.30. The largest absolute Gasteiger partial charge is 0.461 e. The summed E-state index contributed by atoms with van der Waals surface area (Å²) < 4.78 is 5.80. The van der Waals surface area contributed by atoms with E-state index in [1.54, 1.807) is 30.5 Å². The van der Waals surface area contributed by atoms with Crippen molar-refractivity contribution in [1.82, 2.24) is 24.8 Å². The van der Waals surface area contributed by atoms with Crippen LogP contribution in [0.1, 0.15) is 56.6 Å². The van der Waals surface area contributed by atoms with Crippen molar-refractivity contribution in [3.8, 4) is 17.4 Å². The molecule has 4 aromatic rings. The van der Waals surface area contributed by atoms with Crippen molar-refractivity contribution in [2.45, 2.75) is 46.6 Å². The van der Waals surface area contributed by atoms with Crippen LogP contribution in [0.15, 0.2) is 42.7 Å². The Morgan fingerprint density at radius 1 is 1.21 bits per heavy atom. The number of allylic oxidation sites excluding steroid dienone is 1. The number of nitrogen functional groups attached to an aromatic ring is 1. The number of primary amides is 1. The first kappa shape index (κ1) is 28.1. The number of pyridine rings is 1. The van der Waals surface area contributed by atoms with E-state index in [0.717, 1.165) is 5.52 Å². The van der Waals surface area contributed by atoms with Crippen LogP contribution in [0.3, 0.4) is 0 Å². The van der Waals surface area contributed by atoms with Gasteiger partial charge in [-0.3, -0.25) is 4.79 Å². The van der Waals surface area contributed by atoms with E-state index in [1.807, 2.05) is 38.1 Å². The minimum Gasteiger partial charge on any atom is -0.461 e. The Morgan fingerprint density at radius 3 is 2.58 bits per heavy atom. The van der Waals surface area contributed by atoms with Gasteiger partial charge in [-0.1, -0.05) is 32.8 Å². The highest BCUT2D eigenvalue weighted by Gasteiger charge is 2.19. The van der Waals surface area contributed by atoms with Gasteiger partial charge in [-0.25, -0.2) is 9.97 Å². The molecule has 0 saturated carbocycles.